The second kappa shape index (κ2) is 4.93. The van der Waals surface area contributed by atoms with Crippen LogP contribution in [0, 0.1) is 0 Å². The molecule has 0 aromatic carbocycles. The Kier molecular flexibility index (Phi) is 4.72. The molecule has 7 heteroatoms. The van der Waals surface area contributed by atoms with E-state index in [1.807, 2.05) is 0 Å². The molecule has 15 heavy (non-hydrogen) atoms. The zero-order valence-electron chi connectivity index (χ0n) is 8.68. The van der Waals surface area contributed by atoms with Crippen LogP contribution in [-0.2, 0) is 18.5 Å². The van der Waals surface area contributed by atoms with Crippen molar-refractivity contribution >= 4 is 24.7 Å². The van der Waals surface area contributed by atoms with Gasteiger partial charge in [0.25, 0.3) is 5.79 Å². The highest BCUT2D eigenvalue weighted by molar-refractivity contribution is 7.75. The van der Waals surface area contributed by atoms with Crippen molar-refractivity contribution in [3.63, 3.8) is 0 Å². The van der Waals surface area contributed by atoms with Crippen LogP contribution in [0.4, 0.5) is 0 Å². The molecule has 0 spiro atoms. The largest absolute Gasteiger partial charge is 0.464 e. The van der Waals surface area contributed by atoms with Gasteiger partial charge in [0.2, 0.25) is 5.60 Å². The third-order valence-electron chi connectivity index (χ3n) is 2.00. The molecule has 2 N–H and O–H groups in total. The molecule has 0 saturated carbocycles. The molecule has 0 aliphatic heterocycles. The van der Waals surface area contributed by atoms with Gasteiger partial charge < -0.3 is 14.9 Å². The van der Waals surface area contributed by atoms with Crippen LogP contribution in [0.5, 0.6) is 0 Å². The van der Waals surface area contributed by atoms with Crippen LogP contribution in [0.3, 0.4) is 0 Å². The van der Waals surface area contributed by atoms with Crippen LogP contribution >= 0.6 is 12.9 Å². The second-order valence-electron chi connectivity index (χ2n) is 3.07. The molecule has 0 radical (unpaired) electrons. The zero-order valence-corrected chi connectivity index (χ0v) is 9.58. The minimum Gasteiger partial charge on any atom is -0.464 e. The lowest BCUT2D eigenvalue weighted by Crippen LogP contribution is -2.62. The summed E-state index contributed by atoms with van der Waals surface area (Å²) >= 11 is 3.35. The number of ether oxygens (including phenoxy) is 1. The first-order chi connectivity index (χ1) is 6.74. The molecule has 0 saturated heterocycles. The molecule has 0 fully saturated rings. The summed E-state index contributed by atoms with van der Waals surface area (Å²) in [5.41, 5.74) is -2.27. The van der Waals surface area contributed by atoms with Crippen molar-refractivity contribution in [2.45, 2.75) is 32.2 Å². The molecule has 0 aliphatic carbocycles. The normalized spacial score (nSPS) is 15.6. The molecule has 0 amide bonds. The molecule has 88 valence electrons. The molecule has 6 nitrogen and oxygen atoms in total. The standard InChI is InChI=1S/C8H14O6S/c1-4-13-6(10)7(3,14-15)8(11,12)5(2)9/h11-12,15H,4H2,1-3H3. The van der Waals surface area contributed by atoms with E-state index in [-0.39, 0.29) is 6.61 Å². The molecule has 0 aliphatic rings. The fourth-order valence-electron chi connectivity index (χ4n) is 0.848. The quantitative estimate of drug-likeness (QED) is 0.257. The van der Waals surface area contributed by atoms with Gasteiger partial charge in [0, 0.05) is 6.92 Å². The lowest BCUT2D eigenvalue weighted by Gasteiger charge is -2.34. The Morgan fingerprint density at radius 1 is 1.40 bits per heavy atom. The predicted molar refractivity (Wildman–Crippen MR) is 53.0 cm³/mol. The van der Waals surface area contributed by atoms with E-state index in [0.717, 1.165) is 13.8 Å². The first kappa shape index (κ1) is 14.4. The molecular formula is C8H14O6S. The summed E-state index contributed by atoms with van der Waals surface area (Å²) in [5, 5.41) is 18.9. The third kappa shape index (κ3) is 2.49. The summed E-state index contributed by atoms with van der Waals surface area (Å²) in [6.45, 7) is 3.45. The van der Waals surface area contributed by atoms with Crippen LogP contribution in [0.2, 0.25) is 0 Å². The molecule has 1 unspecified atom stereocenters. The van der Waals surface area contributed by atoms with E-state index in [1.165, 1.54) is 6.92 Å². The summed E-state index contributed by atoms with van der Waals surface area (Å²) in [5.74, 6) is -5.12. The topological polar surface area (TPSA) is 93.1 Å². The number of esters is 1. The van der Waals surface area contributed by atoms with E-state index < -0.39 is 23.1 Å². The Morgan fingerprint density at radius 2 is 1.87 bits per heavy atom. The van der Waals surface area contributed by atoms with Crippen molar-refractivity contribution in [3.8, 4) is 0 Å². The summed E-state index contributed by atoms with van der Waals surface area (Å²) in [6, 6.07) is 0. The van der Waals surface area contributed by atoms with Gasteiger partial charge in [-0.05, 0) is 26.8 Å². The molecule has 0 bridgehead atoms. The number of Topliss-reactive ketones (excluding diaryl/α,β-unsaturated/α-hetero) is 1. The van der Waals surface area contributed by atoms with Gasteiger partial charge in [-0.15, -0.1) is 0 Å². The Hall–Kier alpha value is -0.630. The van der Waals surface area contributed by atoms with E-state index in [2.05, 4.69) is 21.8 Å². The van der Waals surface area contributed by atoms with Gasteiger partial charge in [-0.3, -0.25) is 8.98 Å². The highest BCUT2D eigenvalue weighted by atomic mass is 32.1. The Balaban J connectivity index is 5.17. The molecule has 0 aromatic rings. The molecule has 0 aromatic heterocycles. The highest BCUT2D eigenvalue weighted by Crippen LogP contribution is 2.28. The maximum atomic E-state index is 11.4. The number of carbonyl (C=O) groups is 2. The number of hydrogen-bond acceptors (Lipinski definition) is 7. The van der Waals surface area contributed by atoms with Gasteiger partial charge in [0.1, 0.15) is 0 Å². The van der Waals surface area contributed by atoms with E-state index in [1.54, 1.807) is 0 Å². The summed E-state index contributed by atoms with van der Waals surface area (Å²) in [7, 11) is 0. The maximum absolute atomic E-state index is 11.4. The van der Waals surface area contributed by atoms with Gasteiger partial charge in [-0.25, -0.2) is 4.79 Å². The van der Waals surface area contributed by atoms with E-state index >= 15 is 0 Å². The van der Waals surface area contributed by atoms with Crippen molar-refractivity contribution in [2.75, 3.05) is 6.61 Å². The van der Waals surface area contributed by atoms with Gasteiger partial charge in [0.05, 0.1) is 6.61 Å². The lowest BCUT2D eigenvalue weighted by atomic mass is 9.92. The van der Waals surface area contributed by atoms with Gasteiger partial charge in [0.15, 0.2) is 5.78 Å². The van der Waals surface area contributed by atoms with Gasteiger partial charge >= 0.3 is 5.97 Å². The first-order valence-electron chi connectivity index (χ1n) is 4.19. The first-order valence-corrected chi connectivity index (χ1v) is 4.56. The van der Waals surface area contributed by atoms with Crippen molar-refractivity contribution in [3.05, 3.63) is 0 Å². The SMILES string of the molecule is CCOC(=O)C(C)(OS)C(O)(O)C(C)=O. The maximum Gasteiger partial charge on any atom is 0.345 e. The van der Waals surface area contributed by atoms with Gasteiger partial charge in [-0.1, -0.05) is 0 Å². The molecule has 1 atom stereocenters. The number of rotatable bonds is 5. The van der Waals surface area contributed by atoms with Crippen molar-refractivity contribution < 1.29 is 28.7 Å². The number of hydrogen-bond donors (Lipinski definition) is 3. The highest BCUT2D eigenvalue weighted by Gasteiger charge is 2.57. The van der Waals surface area contributed by atoms with Crippen LogP contribution in [0.15, 0.2) is 0 Å². The Labute approximate surface area is 92.8 Å². The number of carbonyl (C=O) groups excluding carboxylic acids is 2. The fraction of sp³-hybridized carbons (Fsp3) is 0.750. The molecule has 0 heterocycles. The Morgan fingerprint density at radius 3 is 2.13 bits per heavy atom. The Bertz CT molecular complexity index is 264. The summed E-state index contributed by atoms with van der Waals surface area (Å²) in [6.07, 6.45) is 0. The number of aliphatic hydroxyl groups is 2. The fourth-order valence-corrected chi connectivity index (χ4v) is 1.05. The van der Waals surface area contributed by atoms with Gasteiger partial charge in [-0.2, -0.15) is 0 Å². The lowest BCUT2D eigenvalue weighted by molar-refractivity contribution is -0.245. The van der Waals surface area contributed by atoms with Crippen LogP contribution < -0.4 is 0 Å². The minimum absolute atomic E-state index is 0.0134. The average molecular weight is 238 g/mol. The smallest absolute Gasteiger partial charge is 0.345 e. The zero-order chi connectivity index (χ0) is 12.3. The monoisotopic (exact) mass is 238 g/mol. The number of ketones is 1. The predicted octanol–water partition coefficient (Wildman–Crippen LogP) is -0.560. The van der Waals surface area contributed by atoms with Crippen LogP contribution in [-0.4, -0.2) is 40.0 Å². The number of thiol groups is 1. The average Bonchev–Trinajstić information content (AvgIpc) is 2.16. The molecule has 0 rings (SSSR count). The minimum atomic E-state index is -2.99. The van der Waals surface area contributed by atoms with Crippen LogP contribution in [0.25, 0.3) is 0 Å². The van der Waals surface area contributed by atoms with E-state index in [4.69, 9.17) is 0 Å². The summed E-state index contributed by atoms with van der Waals surface area (Å²) in [4.78, 5) is 22.3. The van der Waals surface area contributed by atoms with Crippen molar-refractivity contribution in [2.24, 2.45) is 0 Å². The van der Waals surface area contributed by atoms with Crippen molar-refractivity contribution in [1.82, 2.24) is 0 Å². The summed E-state index contributed by atoms with van der Waals surface area (Å²) < 4.78 is 8.93. The third-order valence-corrected chi connectivity index (χ3v) is 2.37. The van der Waals surface area contributed by atoms with E-state index in [0.29, 0.717) is 0 Å². The van der Waals surface area contributed by atoms with Crippen LogP contribution in [0.1, 0.15) is 20.8 Å². The van der Waals surface area contributed by atoms with Crippen molar-refractivity contribution in [1.29, 1.82) is 0 Å². The van der Waals surface area contributed by atoms with E-state index in [9.17, 15) is 19.8 Å². The second-order valence-corrected chi connectivity index (χ2v) is 3.26. The molecular weight excluding hydrogens is 224 g/mol.